The molecule has 3 aromatic rings. The molecule has 2 N–H and O–H groups in total. The molecule has 0 aliphatic carbocycles. The van der Waals surface area contributed by atoms with Gasteiger partial charge in [-0.15, -0.1) is 0 Å². The first-order chi connectivity index (χ1) is 12.5. The maximum atomic E-state index is 13.7. The van der Waals surface area contributed by atoms with Crippen LogP contribution in [0.1, 0.15) is 47.9 Å². The Morgan fingerprint density at radius 2 is 2.08 bits per heavy atom. The van der Waals surface area contributed by atoms with Gasteiger partial charge in [-0.3, -0.25) is 9.78 Å². The van der Waals surface area contributed by atoms with Crippen LogP contribution < -0.4 is 10.6 Å². The molecule has 0 saturated heterocycles. The van der Waals surface area contributed by atoms with Crippen LogP contribution in [0.15, 0.2) is 24.8 Å². The monoisotopic (exact) mass is 355 g/mol. The number of aryl methyl sites for hydroxylation is 1. The van der Waals surface area contributed by atoms with Crippen molar-refractivity contribution >= 4 is 17.5 Å². The molecule has 4 heterocycles. The van der Waals surface area contributed by atoms with Gasteiger partial charge in [0.05, 0.1) is 18.4 Å². The summed E-state index contributed by atoms with van der Waals surface area (Å²) in [5.74, 6) is -0.295. The van der Waals surface area contributed by atoms with E-state index < -0.39 is 5.82 Å². The van der Waals surface area contributed by atoms with Crippen molar-refractivity contribution in [1.82, 2.24) is 29.9 Å². The van der Waals surface area contributed by atoms with E-state index in [0.29, 0.717) is 30.0 Å². The van der Waals surface area contributed by atoms with E-state index in [1.54, 1.807) is 0 Å². The highest BCUT2D eigenvalue weighted by atomic mass is 19.1. The van der Waals surface area contributed by atoms with E-state index in [9.17, 15) is 9.18 Å². The molecule has 26 heavy (non-hydrogen) atoms. The summed E-state index contributed by atoms with van der Waals surface area (Å²) in [5, 5.41) is 10.2. The van der Waals surface area contributed by atoms with Gasteiger partial charge in [-0.1, -0.05) is 0 Å². The third-order valence-corrected chi connectivity index (χ3v) is 4.49. The molecule has 0 fully saturated rings. The van der Waals surface area contributed by atoms with Crippen molar-refractivity contribution in [3.8, 4) is 0 Å². The average Bonchev–Trinajstić information content (AvgIpc) is 3.03. The van der Waals surface area contributed by atoms with Gasteiger partial charge in [-0.25, -0.2) is 13.9 Å². The number of fused-ring (bicyclic) bond motifs is 2. The molecule has 2 atom stereocenters. The molecule has 9 heteroatoms. The second-order valence-corrected chi connectivity index (χ2v) is 6.48. The smallest absolute Gasteiger partial charge is 0.256 e. The summed E-state index contributed by atoms with van der Waals surface area (Å²) >= 11 is 0. The largest absolute Gasteiger partial charge is 0.349 e. The number of hydrogen-bond acceptors (Lipinski definition) is 6. The molecule has 0 spiro atoms. The van der Waals surface area contributed by atoms with Crippen molar-refractivity contribution in [3.63, 3.8) is 0 Å². The lowest BCUT2D eigenvalue weighted by molar-refractivity contribution is 0.0940. The number of rotatable bonds is 0. The van der Waals surface area contributed by atoms with E-state index in [4.69, 9.17) is 0 Å². The summed E-state index contributed by atoms with van der Waals surface area (Å²) in [5.41, 5.74) is 2.34. The van der Waals surface area contributed by atoms with Gasteiger partial charge in [0.2, 0.25) is 5.95 Å². The predicted octanol–water partition coefficient (Wildman–Crippen LogP) is 1.90. The number of nitrogens with zero attached hydrogens (tertiary/aromatic N) is 5. The Kier molecular flexibility index (Phi) is 3.98. The van der Waals surface area contributed by atoms with Crippen LogP contribution in [-0.2, 0) is 6.42 Å². The molecule has 8 nitrogen and oxygen atoms in total. The zero-order valence-corrected chi connectivity index (χ0v) is 14.4. The Labute approximate surface area is 148 Å². The first-order valence-corrected chi connectivity index (χ1v) is 8.43. The van der Waals surface area contributed by atoms with Crippen LogP contribution in [0.25, 0.3) is 5.65 Å². The van der Waals surface area contributed by atoms with Crippen LogP contribution in [0.5, 0.6) is 0 Å². The molecule has 2 bridgehead atoms. The van der Waals surface area contributed by atoms with Crippen LogP contribution in [0, 0.1) is 5.82 Å². The highest BCUT2D eigenvalue weighted by Crippen LogP contribution is 2.23. The number of nitrogens with one attached hydrogen (secondary N) is 2. The first kappa shape index (κ1) is 16.4. The number of amides is 1. The number of carbonyl (C=O) groups excluding carboxylic acids is 1. The average molecular weight is 355 g/mol. The zero-order valence-electron chi connectivity index (χ0n) is 14.4. The molecule has 0 unspecified atom stereocenters. The lowest BCUT2D eigenvalue weighted by Gasteiger charge is -2.18. The van der Waals surface area contributed by atoms with Crippen molar-refractivity contribution < 1.29 is 9.18 Å². The normalized spacial score (nSPS) is 20.5. The fourth-order valence-electron chi connectivity index (χ4n) is 3.09. The summed E-state index contributed by atoms with van der Waals surface area (Å²) in [6.07, 6.45) is 5.48. The van der Waals surface area contributed by atoms with Crippen molar-refractivity contribution in [2.45, 2.75) is 38.8 Å². The van der Waals surface area contributed by atoms with E-state index in [1.165, 1.54) is 29.3 Å². The molecule has 0 saturated carbocycles. The highest BCUT2D eigenvalue weighted by molar-refractivity contribution is 5.99. The van der Waals surface area contributed by atoms with Crippen LogP contribution in [-0.4, -0.2) is 36.5 Å². The van der Waals surface area contributed by atoms with E-state index in [2.05, 4.69) is 30.7 Å². The molecular weight excluding hydrogens is 337 g/mol. The lowest BCUT2D eigenvalue weighted by Crippen LogP contribution is -2.33. The lowest BCUT2D eigenvalue weighted by atomic mass is 10.0. The minimum absolute atomic E-state index is 0.0810. The van der Waals surface area contributed by atoms with Crippen LogP contribution >= 0.6 is 0 Å². The van der Waals surface area contributed by atoms with E-state index >= 15 is 0 Å². The van der Waals surface area contributed by atoms with Gasteiger partial charge in [-0.05, 0) is 38.3 Å². The second-order valence-electron chi connectivity index (χ2n) is 6.48. The number of halogens is 1. The Balaban J connectivity index is 1.82. The minimum atomic E-state index is -0.391. The molecule has 0 radical (unpaired) electrons. The Morgan fingerprint density at radius 1 is 1.23 bits per heavy atom. The molecule has 4 rings (SSSR count). The van der Waals surface area contributed by atoms with Crippen molar-refractivity contribution in [1.29, 1.82) is 0 Å². The summed E-state index contributed by atoms with van der Waals surface area (Å²) in [6.45, 7) is 3.83. The molecule has 1 aliphatic rings. The summed E-state index contributed by atoms with van der Waals surface area (Å²) in [6, 6.07) is 1.15. The van der Waals surface area contributed by atoms with Gasteiger partial charge in [0, 0.05) is 11.7 Å². The standard InChI is InChI=1S/C17H18FN7O/c1-9-3-4-14-12(5-11(18)6-19-14)10(2)23-17-20-8-25-15(24-17)13(7-21-25)16(26)22-9/h5-10H,3-4H2,1-2H3,(H,22,26)(H,23,24)/t9-,10-/m1/s1. The van der Waals surface area contributed by atoms with E-state index in [0.717, 1.165) is 11.3 Å². The molecule has 0 aromatic carbocycles. The van der Waals surface area contributed by atoms with Gasteiger partial charge < -0.3 is 10.6 Å². The second kappa shape index (κ2) is 6.32. The predicted molar refractivity (Wildman–Crippen MR) is 92.3 cm³/mol. The van der Waals surface area contributed by atoms with Crippen molar-refractivity contribution in [2.75, 3.05) is 5.32 Å². The van der Waals surface area contributed by atoms with Crippen LogP contribution in [0.2, 0.25) is 0 Å². The Hall–Kier alpha value is -3.10. The van der Waals surface area contributed by atoms with Crippen molar-refractivity contribution in [2.24, 2.45) is 0 Å². The van der Waals surface area contributed by atoms with Gasteiger partial charge in [-0.2, -0.15) is 10.1 Å². The molecule has 134 valence electrons. The zero-order chi connectivity index (χ0) is 18.3. The van der Waals surface area contributed by atoms with E-state index in [1.807, 2.05) is 13.8 Å². The quantitative estimate of drug-likeness (QED) is 0.639. The van der Waals surface area contributed by atoms with E-state index in [-0.39, 0.29) is 18.0 Å². The Morgan fingerprint density at radius 3 is 2.92 bits per heavy atom. The summed E-state index contributed by atoms with van der Waals surface area (Å²) in [4.78, 5) is 25.4. The third kappa shape index (κ3) is 2.96. The summed E-state index contributed by atoms with van der Waals surface area (Å²) < 4.78 is 15.2. The maximum Gasteiger partial charge on any atom is 0.256 e. The van der Waals surface area contributed by atoms with Gasteiger partial charge in [0.1, 0.15) is 17.7 Å². The summed E-state index contributed by atoms with van der Waals surface area (Å²) in [7, 11) is 0. The van der Waals surface area contributed by atoms with Crippen LogP contribution in [0.3, 0.4) is 0 Å². The van der Waals surface area contributed by atoms with Crippen LogP contribution in [0.4, 0.5) is 10.3 Å². The number of anilines is 1. The van der Waals surface area contributed by atoms with Gasteiger partial charge in [0.15, 0.2) is 5.65 Å². The molecule has 1 aliphatic heterocycles. The SMILES string of the molecule is C[C@@H]1CCc2ncc(F)cc2[C@@H](C)Nc2ncn3ncc(c3n2)C(=O)N1. The highest BCUT2D eigenvalue weighted by Gasteiger charge is 2.20. The molecule has 1 amide bonds. The Bertz CT molecular complexity index is 986. The fourth-order valence-corrected chi connectivity index (χ4v) is 3.09. The first-order valence-electron chi connectivity index (χ1n) is 8.43. The number of aromatic nitrogens is 5. The molecule has 3 aromatic heterocycles. The topological polar surface area (TPSA) is 97.1 Å². The number of hydrogen-bond donors (Lipinski definition) is 2. The fraction of sp³-hybridized carbons (Fsp3) is 0.353. The number of pyridine rings is 1. The number of carbonyl (C=O) groups is 1. The van der Waals surface area contributed by atoms with Crippen molar-refractivity contribution in [3.05, 3.63) is 47.4 Å². The van der Waals surface area contributed by atoms with Gasteiger partial charge in [0.25, 0.3) is 5.91 Å². The van der Waals surface area contributed by atoms with Gasteiger partial charge >= 0.3 is 0 Å². The molecular formula is C17H18FN7O. The minimum Gasteiger partial charge on any atom is -0.349 e. The third-order valence-electron chi connectivity index (χ3n) is 4.49. The maximum absolute atomic E-state index is 13.7.